The zero-order valence-corrected chi connectivity index (χ0v) is 12.2. The average molecular weight is 258 g/mol. The van der Waals surface area contributed by atoms with Crippen molar-refractivity contribution >= 4 is 12.0 Å². The minimum atomic E-state index is -0.725. The fourth-order valence-electron chi connectivity index (χ4n) is 1.67. The highest BCUT2D eigenvalue weighted by Crippen LogP contribution is 2.12. The number of carbonyl (C=O) groups excluding carboxylic acids is 2. The molecule has 0 radical (unpaired) electrons. The predicted molar refractivity (Wildman–Crippen MR) is 71.1 cm³/mol. The van der Waals surface area contributed by atoms with Gasteiger partial charge in [-0.3, -0.25) is 4.79 Å². The van der Waals surface area contributed by atoms with E-state index in [0.29, 0.717) is 11.9 Å². The minimum Gasteiger partial charge on any atom is -0.444 e. The van der Waals surface area contributed by atoms with Crippen molar-refractivity contribution in [2.24, 2.45) is 5.73 Å². The van der Waals surface area contributed by atoms with E-state index < -0.39 is 11.7 Å². The van der Waals surface area contributed by atoms with E-state index in [4.69, 9.17) is 5.73 Å². The van der Waals surface area contributed by atoms with Crippen LogP contribution < -0.4 is 5.73 Å². The summed E-state index contributed by atoms with van der Waals surface area (Å²) in [4.78, 5) is 23.1. The van der Waals surface area contributed by atoms with E-state index in [1.807, 2.05) is 4.90 Å². The van der Waals surface area contributed by atoms with E-state index in [9.17, 15) is 9.59 Å². The Kier molecular flexibility index (Phi) is 6.73. The molecule has 1 saturated heterocycles. The molecular weight excluding hydrogens is 232 g/mol. The maximum atomic E-state index is 11.2. The van der Waals surface area contributed by atoms with Gasteiger partial charge in [0.25, 0.3) is 0 Å². The molecule has 18 heavy (non-hydrogen) atoms. The van der Waals surface area contributed by atoms with Crippen LogP contribution in [0.4, 0.5) is 4.79 Å². The van der Waals surface area contributed by atoms with Crippen molar-refractivity contribution < 1.29 is 14.3 Å². The third-order valence-corrected chi connectivity index (χ3v) is 2.39. The van der Waals surface area contributed by atoms with Gasteiger partial charge in [0.05, 0.1) is 0 Å². The van der Waals surface area contributed by atoms with E-state index in [1.165, 1.54) is 6.42 Å². The molecule has 0 spiro atoms. The molecule has 0 aromatic heterocycles. The average Bonchev–Trinajstić information content (AvgIpc) is 2.14. The first-order valence-corrected chi connectivity index (χ1v) is 6.41. The van der Waals surface area contributed by atoms with Gasteiger partial charge >= 0.3 is 6.09 Å². The highest BCUT2D eigenvalue weighted by Gasteiger charge is 2.19. The summed E-state index contributed by atoms with van der Waals surface area (Å²) < 4.78 is 4.58. The number of likely N-dealkylation sites (tertiary alicyclic amines) is 1. The Morgan fingerprint density at radius 1 is 1.33 bits per heavy atom. The van der Waals surface area contributed by atoms with Crippen LogP contribution in [0.15, 0.2) is 0 Å². The zero-order chi connectivity index (χ0) is 14.3. The second-order valence-electron chi connectivity index (χ2n) is 5.67. The lowest BCUT2D eigenvalue weighted by atomic mass is 10.1. The van der Waals surface area contributed by atoms with Crippen LogP contribution in [-0.4, -0.2) is 35.1 Å². The molecule has 1 rings (SSSR count). The van der Waals surface area contributed by atoms with Crippen LogP contribution in [0.1, 0.15) is 53.9 Å². The van der Waals surface area contributed by atoms with Gasteiger partial charge in [-0.05, 0) is 47.5 Å². The largest absolute Gasteiger partial charge is 0.444 e. The van der Waals surface area contributed by atoms with Crippen LogP contribution in [0.2, 0.25) is 0 Å². The van der Waals surface area contributed by atoms with Crippen molar-refractivity contribution in [1.29, 1.82) is 0 Å². The summed E-state index contributed by atoms with van der Waals surface area (Å²) in [6.07, 6.45) is 2.31. The van der Waals surface area contributed by atoms with E-state index in [1.54, 1.807) is 20.8 Å². The number of carbonyl (C=O) groups is 2. The number of nitrogens with two attached hydrogens (primary N) is 1. The number of rotatable bonds is 1. The smallest absolute Gasteiger partial charge is 0.405 e. The van der Waals surface area contributed by atoms with Crippen molar-refractivity contribution in [3.05, 3.63) is 0 Å². The molecule has 0 atom stereocenters. The molecule has 1 aliphatic rings. The zero-order valence-electron chi connectivity index (χ0n) is 12.2. The summed E-state index contributed by atoms with van der Waals surface area (Å²) in [5.74, 6) is 0.334. The topological polar surface area (TPSA) is 72.6 Å². The fraction of sp³-hybridized carbons (Fsp3) is 0.846. The molecule has 0 unspecified atom stereocenters. The lowest BCUT2D eigenvalue weighted by Crippen LogP contribution is -2.40. The highest BCUT2D eigenvalue weighted by atomic mass is 16.6. The molecule has 2 amide bonds. The molecule has 0 aliphatic carbocycles. The molecule has 5 heteroatoms. The van der Waals surface area contributed by atoms with Crippen molar-refractivity contribution in [3.8, 4) is 0 Å². The molecule has 0 saturated carbocycles. The van der Waals surface area contributed by atoms with Gasteiger partial charge in [0.1, 0.15) is 5.60 Å². The first-order valence-electron chi connectivity index (χ1n) is 6.41. The summed E-state index contributed by atoms with van der Waals surface area (Å²) in [6, 6.07) is 0.396. The summed E-state index contributed by atoms with van der Waals surface area (Å²) >= 11 is 0. The number of primary amides is 1. The van der Waals surface area contributed by atoms with Crippen LogP contribution in [0.25, 0.3) is 0 Å². The minimum absolute atomic E-state index is 0.334. The molecule has 106 valence electrons. The van der Waals surface area contributed by atoms with Crippen LogP contribution >= 0.6 is 0 Å². The Morgan fingerprint density at radius 3 is 2.11 bits per heavy atom. The normalized spacial score (nSPS) is 16.1. The first kappa shape index (κ1) is 16.7. The van der Waals surface area contributed by atoms with Gasteiger partial charge in [-0.1, -0.05) is 0 Å². The number of hydrogen-bond acceptors (Lipinski definition) is 3. The number of piperidine rings is 1. The highest BCUT2D eigenvalue weighted by molar-refractivity contribution is 5.77. The lowest BCUT2D eigenvalue weighted by molar-refractivity contribution is -0.135. The van der Waals surface area contributed by atoms with Crippen LogP contribution in [0, 0.1) is 0 Å². The molecule has 0 aromatic carbocycles. The number of ether oxygens (including phenoxy) is 1. The van der Waals surface area contributed by atoms with Crippen molar-refractivity contribution in [2.45, 2.75) is 65.5 Å². The van der Waals surface area contributed by atoms with E-state index >= 15 is 0 Å². The Hall–Kier alpha value is -1.26. The van der Waals surface area contributed by atoms with Gasteiger partial charge in [0, 0.05) is 19.0 Å². The molecule has 1 heterocycles. The molecule has 0 aromatic rings. The summed E-state index contributed by atoms with van der Waals surface area (Å²) in [6.45, 7) is 10.4. The summed E-state index contributed by atoms with van der Waals surface area (Å²) in [5, 5.41) is 0. The second kappa shape index (κ2) is 7.24. The molecule has 2 N–H and O–H groups in total. The summed E-state index contributed by atoms with van der Waals surface area (Å²) in [7, 11) is 0. The SMILES string of the molecule is CC(C)(C)OC(N)=O.CC(C)N1CCCCC1=O. The number of amides is 2. The van der Waals surface area contributed by atoms with Gasteiger partial charge in [0.15, 0.2) is 0 Å². The van der Waals surface area contributed by atoms with E-state index in [-0.39, 0.29) is 0 Å². The molecule has 5 nitrogen and oxygen atoms in total. The molecular formula is C13H26N2O3. The van der Waals surface area contributed by atoms with Gasteiger partial charge in [-0.25, -0.2) is 4.79 Å². The fourth-order valence-corrected chi connectivity index (χ4v) is 1.67. The van der Waals surface area contributed by atoms with Crippen molar-refractivity contribution in [2.75, 3.05) is 6.54 Å². The summed E-state index contributed by atoms with van der Waals surface area (Å²) in [5.41, 5.74) is 4.26. The Labute approximate surface area is 110 Å². The van der Waals surface area contributed by atoms with Crippen molar-refractivity contribution in [3.63, 3.8) is 0 Å². The van der Waals surface area contributed by atoms with Gasteiger partial charge in [-0.2, -0.15) is 0 Å². The Morgan fingerprint density at radius 2 is 1.89 bits per heavy atom. The predicted octanol–water partition coefficient (Wildman–Crippen LogP) is 2.29. The molecule has 1 fully saturated rings. The van der Waals surface area contributed by atoms with Gasteiger partial charge in [0.2, 0.25) is 5.91 Å². The monoisotopic (exact) mass is 258 g/mol. The van der Waals surface area contributed by atoms with E-state index in [2.05, 4.69) is 18.6 Å². The molecule has 1 aliphatic heterocycles. The van der Waals surface area contributed by atoms with Gasteiger partial charge < -0.3 is 15.4 Å². The maximum Gasteiger partial charge on any atom is 0.405 e. The van der Waals surface area contributed by atoms with Crippen molar-refractivity contribution in [1.82, 2.24) is 4.90 Å². The van der Waals surface area contributed by atoms with Crippen LogP contribution in [0.3, 0.4) is 0 Å². The number of hydrogen-bond donors (Lipinski definition) is 1. The Balaban J connectivity index is 0.000000331. The van der Waals surface area contributed by atoms with Crippen LogP contribution in [-0.2, 0) is 9.53 Å². The standard InChI is InChI=1S/C8H15NO.C5H11NO2/c1-7(2)9-6-4-3-5-8(9)10;1-5(2,3)8-4(6)7/h7H,3-6H2,1-2H3;1-3H3,(H2,6,7). The first-order chi connectivity index (χ1) is 8.13. The third kappa shape index (κ3) is 7.92. The van der Waals surface area contributed by atoms with E-state index in [0.717, 1.165) is 19.4 Å². The number of nitrogens with zero attached hydrogens (tertiary/aromatic N) is 1. The lowest BCUT2D eigenvalue weighted by Gasteiger charge is -2.30. The molecule has 0 bridgehead atoms. The van der Waals surface area contributed by atoms with Gasteiger partial charge in [-0.15, -0.1) is 0 Å². The quantitative estimate of drug-likeness (QED) is 0.784. The maximum absolute atomic E-state index is 11.2. The van der Waals surface area contributed by atoms with Crippen LogP contribution in [0.5, 0.6) is 0 Å². The second-order valence-corrected chi connectivity index (χ2v) is 5.67. The Bertz CT molecular complexity index is 282. The third-order valence-electron chi connectivity index (χ3n) is 2.39.